The summed E-state index contributed by atoms with van der Waals surface area (Å²) in [5, 5.41) is 12.2. The summed E-state index contributed by atoms with van der Waals surface area (Å²) >= 11 is 0. The number of hydrogen-bond donors (Lipinski definition) is 1. The topological polar surface area (TPSA) is 91.1 Å². The Morgan fingerprint density at radius 2 is 1.85 bits per heavy atom. The summed E-state index contributed by atoms with van der Waals surface area (Å²) in [6, 6.07) is 7.71. The number of amides is 1. The number of anilines is 2. The van der Waals surface area contributed by atoms with Crippen LogP contribution in [0.5, 0.6) is 0 Å². The van der Waals surface area contributed by atoms with Crippen molar-refractivity contribution in [2.24, 2.45) is 0 Å². The third-order valence-electron chi connectivity index (χ3n) is 4.35. The van der Waals surface area contributed by atoms with Gasteiger partial charge in [-0.1, -0.05) is 18.2 Å². The van der Waals surface area contributed by atoms with E-state index in [0.29, 0.717) is 24.7 Å². The smallest absolute Gasteiger partial charge is 0.266 e. The van der Waals surface area contributed by atoms with Crippen LogP contribution in [0, 0.1) is 25.2 Å². The van der Waals surface area contributed by atoms with E-state index in [0.717, 1.165) is 29.9 Å². The standard InChI is InChI=1S/C20H21N5O2/c1-14-4-3-5-15(2)18(14)24-19(26)17(11-21)10-16-12-22-20(23-13-16)25-6-8-27-9-7-25/h3-5,10,12-13H,6-9H2,1-2H3,(H,24,26)/b17-10+. The Bertz CT molecular complexity index is 873. The van der Waals surface area contributed by atoms with Crippen LogP contribution in [0.4, 0.5) is 11.6 Å². The SMILES string of the molecule is Cc1cccc(C)c1NC(=O)/C(C#N)=C/c1cnc(N2CCOCC2)nc1. The fraction of sp³-hybridized carbons (Fsp3) is 0.300. The lowest BCUT2D eigenvalue weighted by Crippen LogP contribution is -2.37. The molecule has 0 unspecified atom stereocenters. The number of rotatable bonds is 4. The third-order valence-corrected chi connectivity index (χ3v) is 4.35. The van der Waals surface area contributed by atoms with Crippen LogP contribution in [0.3, 0.4) is 0 Å². The Kier molecular flexibility index (Phi) is 5.79. The molecule has 1 aliphatic rings. The van der Waals surface area contributed by atoms with E-state index in [1.807, 2.05) is 43.0 Å². The first-order valence-electron chi connectivity index (χ1n) is 8.72. The van der Waals surface area contributed by atoms with Gasteiger partial charge in [-0.25, -0.2) is 9.97 Å². The molecule has 1 fully saturated rings. The normalized spacial score (nSPS) is 14.6. The van der Waals surface area contributed by atoms with Crippen LogP contribution in [0.1, 0.15) is 16.7 Å². The van der Waals surface area contributed by atoms with E-state index >= 15 is 0 Å². The number of nitrogens with one attached hydrogen (secondary N) is 1. The summed E-state index contributed by atoms with van der Waals surface area (Å²) in [7, 11) is 0. The zero-order chi connectivity index (χ0) is 19.2. The predicted molar refractivity (Wildman–Crippen MR) is 103 cm³/mol. The molecule has 1 aliphatic heterocycles. The molecule has 0 bridgehead atoms. The number of para-hydroxylation sites is 1. The number of morpholine rings is 1. The van der Waals surface area contributed by atoms with Crippen LogP contribution < -0.4 is 10.2 Å². The molecule has 2 heterocycles. The van der Waals surface area contributed by atoms with Gasteiger partial charge < -0.3 is 15.0 Å². The van der Waals surface area contributed by atoms with Crippen molar-refractivity contribution in [1.82, 2.24) is 9.97 Å². The van der Waals surface area contributed by atoms with Crippen LogP contribution >= 0.6 is 0 Å². The van der Waals surface area contributed by atoms with Gasteiger partial charge in [-0.05, 0) is 31.1 Å². The molecule has 1 aromatic carbocycles. The maximum atomic E-state index is 12.5. The van der Waals surface area contributed by atoms with Crippen molar-refractivity contribution >= 4 is 23.6 Å². The molecular weight excluding hydrogens is 342 g/mol. The second-order valence-electron chi connectivity index (χ2n) is 6.31. The summed E-state index contributed by atoms with van der Waals surface area (Å²) in [5.41, 5.74) is 3.21. The van der Waals surface area contributed by atoms with Crippen molar-refractivity contribution < 1.29 is 9.53 Å². The van der Waals surface area contributed by atoms with E-state index < -0.39 is 5.91 Å². The number of ether oxygens (including phenoxy) is 1. The van der Waals surface area contributed by atoms with Crippen molar-refractivity contribution in [1.29, 1.82) is 5.26 Å². The summed E-state index contributed by atoms with van der Waals surface area (Å²) in [6.45, 7) is 6.63. The molecule has 0 aliphatic carbocycles. The van der Waals surface area contributed by atoms with Gasteiger partial charge in [0.15, 0.2) is 0 Å². The molecule has 7 nitrogen and oxygen atoms in total. The molecule has 3 rings (SSSR count). The van der Waals surface area contributed by atoms with Crippen molar-refractivity contribution in [2.45, 2.75) is 13.8 Å². The molecule has 1 amide bonds. The lowest BCUT2D eigenvalue weighted by atomic mass is 10.1. The Balaban J connectivity index is 1.75. The van der Waals surface area contributed by atoms with Crippen LogP contribution in [0.15, 0.2) is 36.2 Å². The maximum Gasteiger partial charge on any atom is 0.266 e. The Morgan fingerprint density at radius 1 is 1.22 bits per heavy atom. The molecule has 2 aromatic rings. The van der Waals surface area contributed by atoms with Gasteiger partial charge in [0.05, 0.1) is 13.2 Å². The number of nitriles is 1. The maximum absolute atomic E-state index is 12.5. The van der Waals surface area contributed by atoms with Crippen LogP contribution in [-0.2, 0) is 9.53 Å². The lowest BCUT2D eigenvalue weighted by molar-refractivity contribution is -0.112. The summed E-state index contributed by atoms with van der Waals surface area (Å²) in [4.78, 5) is 23.2. The summed E-state index contributed by atoms with van der Waals surface area (Å²) in [5.74, 6) is 0.168. The monoisotopic (exact) mass is 363 g/mol. The number of aromatic nitrogens is 2. The van der Waals surface area contributed by atoms with Crippen molar-refractivity contribution in [3.8, 4) is 6.07 Å². The molecule has 7 heteroatoms. The third kappa shape index (κ3) is 4.49. The fourth-order valence-electron chi connectivity index (χ4n) is 2.84. The average Bonchev–Trinajstić information content (AvgIpc) is 2.70. The zero-order valence-corrected chi connectivity index (χ0v) is 15.4. The predicted octanol–water partition coefficient (Wildman–Crippen LogP) is 2.48. The van der Waals surface area contributed by atoms with Crippen molar-refractivity contribution in [3.63, 3.8) is 0 Å². The number of carbonyl (C=O) groups excluding carboxylic acids is 1. The Labute approximate surface area is 158 Å². The number of hydrogen-bond acceptors (Lipinski definition) is 6. The van der Waals surface area contributed by atoms with Gasteiger partial charge in [0.25, 0.3) is 5.91 Å². The second kappa shape index (κ2) is 8.43. The van der Waals surface area contributed by atoms with Gasteiger partial charge in [0, 0.05) is 36.7 Å². The van der Waals surface area contributed by atoms with Crippen LogP contribution in [0.2, 0.25) is 0 Å². The molecule has 1 saturated heterocycles. The highest BCUT2D eigenvalue weighted by molar-refractivity contribution is 6.10. The van der Waals surface area contributed by atoms with E-state index in [2.05, 4.69) is 15.3 Å². The molecule has 0 atom stereocenters. The zero-order valence-electron chi connectivity index (χ0n) is 15.4. The number of nitrogens with zero attached hydrogens (tertiary/aromatic N) is 4. The summed E-state index contributed by atoms with van der Waals surface area (Å²) in [6.07, 6.45) is 4.72. The first kappa shape index (κ1) is 18.5. The quantitative estimate of drug-likeness (QED) is 0.663. The van der Waals surface area contributed by atoms with Gasteiger partial charge in [-0.2, -0.15) is 5.26 Å². The number of aryl methyl sites for hydroxylation is 2. The molecule has 1 N–H and O–H groups in total. The van der Waals surface area contributed by atoms with E-state index in [-0.39, 0.29) is 5.57 Å². The highest BCUT2D eigenvalue weighted by Gasteiger charge is 2.15. The Hall–Kier alpha value is -3.24. The van der Waals surface area contributed by atoms with E-state index in [9.17, 15) is 10.1 Å². The highest BCUT2D eigenvalue weighted by atomic mass is 16.5. The molecule has 138 valence electrons. The first-order valence-corrected chi connectivity index (χ1v) is 8.72. The van der Waals surface area contributed by atoms with E-state index in [1.54, 1.807) is 12.4 Å². The number of benzene rings is 1. The molecule has 27 heavy (non-hydrogen) atoms. The van der Waals surface area contributed by atoms with Crippen LogP contribution in [-0.4, -0.2) is 42.2 Å². The van der Waals surface area contributed by atoms with Crippen LogP contribution in [0.25, 0.3) is 6.08 Å². The molecule has 0 radical (unpaired) electrons. The second-order valence-corrected chi connectivity index (χ2v) is 6.31. The fourth-order valence-corrected chi connectivity index (χ4v) is 2.84. The minimum absolute atomic E-state index is 0.000348. The summed E-state index contributed by atoms with van der Waals surface area (Å²) < 4.78 is 5.32. The minimum atomic E-state index is -0.452. The largest absolute Gasteiger partial charge is 0.378 e. The molecule has 0 spiro atoms. The van der Waals surface area contributed by atoms with E-state index in [4.69, 9.17) is 4.74 Å². The Morgan fingerprint density at radius 3 is 2.44 bits per heavy atom. The van der Waals surface area contributed by atoms with Gasteiger partial charge >= 0.3 is 0 Å². The van der Waals surface area contributed by atoms with Gasteiger partial charge in [-0.3, -0.25) is 4.79 Å². The van der Waals surface area contributed by atoms with Gasteiger partial charge in [0.2, 0.25) is 5.95 Å². The first-order chi connectivity index (χ1) is 13.1. The molecular formula is C20H21N5O2. The molecule has 0 saturated carbocycles. The van der Waals surface area contributed by atoms with Gasteiger partial charge in [0.1, 0.15) is 11.6 Å². The van der Waals surface area contributed by atoms with Crippen molar-refractivity contribution in [3.05, 3.63) is 52.9 Å². The highest BCUT2D eigenvalue weighted by Crippen LogP contribution is 2.20. The molecule has 1 aromatic heterocycles. The van der Waals surface area contributed by atoms with E-state index in [1.165, 1.54) is 6.08 Å². The lowest BCUT2D eigenvalue weighted by Gasteiger charge is -2.26. The van der Waals surface area contributed by atoms with Gasteiger partial charge in [-0.15, -0.1) is 0 Å². The minimum Gasteiger partial charge on any atom is -0.378 e. The number of carbonyl (C=O) groups is 1. The average molecular weight is 363 g/mol. The van der Waals surface area contributed by atoms with Crippen molar-refractivity contribution in [2.75, 3.05) is 36.5 Å².